The fraction of sp³-hybridized carbons (Fsp3) is 0.278. The molecule has 8 heteroatoms. The van der Waals surface area contributed by atoms with Gasteiger partial charge in [-0.05, 0) is 31.5 Å². The third-order valence-electron chi connectivity index (χ3n) is 4.68. The van der Waals surface area contributed by atoms with Gasteiger partial charge in [-0.25, -0.2) is 0 Å². The smallest absolute Gasteiger partial charge is 0.255 e. The van der Waals surface area contributed by atoms with Crippen molar-refractivity contribution in [2.75, 3.05) is 6.54 Å². The molecule has 1 aromatic carbocycles. The van der Waals surface area contributed by atoms with Gasteiger partial charge in [-0.15, -0.1) is 0 Å². The molecule has 1 aromatic heterocycles. The third kappa shape index (κ3) is 3.10. The lowest BCUT2D eigenvalue weighted by molar-refractivity contribution is 0.0728. The number of carbonyl (C=O) groups is 1. The first kappa shape index (κ1) is 18.5. The van der Waals surface area contributed by atoms with Gasteiger partial charge in [0.1, 0.15) is 0 Å². The van der Waals surface area contributed by atoms with Gasteiger partial charge in [0.2, 0.25) is 0 Å². The molecule has 1 fully saturated rings. The number of aryl methyl sites for hydroxylation is 1. The average Bonchev–Trinajstić information content (AvgIpc) is 3.04. The number of aromatic nitrogens is 2. The van der Waals surface area contributed by atoms with Gasteiger partial charge >= 0.3 is 0 Å². The largest absolute Gasteiger partial charge is 0.397 e. The molecule has 0 bridgehead atoms. The van der Waals surface area contributed by atoms with E-state index < -0.39 is 6.04 Å². The standard InChI is InChI=1S/C18H19Cl2N5O/c1-10-16(21)12(17(22)14-6-8-23-24(14)2)7-9-25(10)18(26)11-4-3-5-13(19)15(11)20/h3-6,8,10,21H,7,9,22H2,1-2H3/b17-12-,21-16?. The van der Waals surface area contributed by atoms with E-state index in [9.17, 15) is 4.79 Å². The highest BCUT2D eigenvalue weighted by atomic mass is 35.5. The Bertz CT molecular complexity index is 918. The highest BCUT2D eigenvalue weighted by molar-refractivity contribution is 6.43. The SMILES string of the molecule is CC1C(=N)/C(=C(\N)c2ccnn2C)CCN1C(=O)c1cccc(Cl)c1Cl. The molecular weight excluding hydrogens is 373 g/mol. The molecule has 0 spiro atoms. The number of hydrogen-bond donors (Lipinski definition) is 2. The summed E-state index contributed by atoms with van der Waals surface area (Å²) in [4.78, 5) is 14.5. The summed E-state index contributed by atoms with van der Waals surface area (Å²) >= 11 is 12.2. The first-order chi connectivity index (χ1) is 12.3. The Morgan fingerprint density at radius 2 is 2.08 bits per heavy atom. The van der Waals surface area contributed by atoms with Crippen LogP contribution in [0.2, 0.25) is 10.0 Å². The predicted octanol–water partition coefficient (Wildman–Crippen LogP) is 3.35. The number of carbonyl (C=O) groups excluding carboxylic acids is 1. The van der Waals surface area contributed by atoms with E-state index in [0.29, 0.717) is 35.0 Å². The van der Waals surface area contributed by atoms with Crippen molar-refractivity contribution in [2.24, 2.45) is 12.8 Å². The molecule has 1 aliphatic rings. The van der Waals surface area contributed by atoms with Crippen LogP contribution in [-0.2, 0) is 7.05 Å². The van der Waals surface area contributed by atoms with E-state index in [4.69, 9.17) is 34.3 Å². The van der Waals surface area contributed by atoms with Crippen LogP contribution in [0.1, 0.15) is 29.4 Å². The quantitative estimate of drug-likeness (QED) is 0.822. The minimum absolute atomic E-state index is 0.230. The number of piperidine rings is 1. The molecule has 136 valence electrons. The number of benzene rings is 1. The zero-order valence-electron chi connectivity index (χ0n) is 14.5. The molecule has 26 heavy (non-hydrogen) atoms. The summed E-state index contributed by atoms with van der Waals surface area (Å²) in [5.41, 5.74) is 8.96. The highest BCUT2D eigenvalue weighted by Gasteiger charge is 2.33. The fourth-order valence-electron chi connectivity index (χ4n) is 3.14. The van der Waals surface area contributed by atoms with Crippen molar-refractivity contribution in [1.82, 2.24) is 14.7 Å². The Morgan fingerprint density at radius 3 is 2.73 bits per heavy atom. The van der Waals surface area contributed by atoms with Crippen molar-refractivity contribution < 1.29 is 4.79 Å². The van der Waals surface area contributed by atoms with Crippen LogP contribution in [0.25, 0.3) is 5.70 Å². The zero-order chi connectivity index (χ0) is 19.0. The lowest BCUT2D eigenvalue weighted by atomic mass is 9.92. The Morgan fingerprint density at radius 1 is 1.35 bits per heavy atom. The molecule has 0 radical (unpaired) electrons. The normalized spacial score (nSPS) is 19.6. The minimum Gasteiger partial charge on any atom is -0.397 e. The van der Waals surface area contributed by atoms with Crippen LogP contribution >= 0.6 is 23.2 Å². The van der Waals surface area contributed by atoms with Crippen LogP contribution in [0.4, 0.5) is 0 Å². The molecular formula is C18H19Cl2N5O. The maximum absolute atomic E-state index is 12.9. The molecule has 2 heterocycles. The van der Waals surface area contributed by atoms with Gasteiger partial charge in [0.25, 0.3) is 5.91 Å². The summed E-state index contributed by atoms with van der Waals surface area (Å²) < 4.78 is 1.67. The topological polar surface area (TPSA) is 88.0 Å². The number of nitrogens with two attached hydrogens (primary N) is 1. The van der Waals surface area contributed by atoms with Gasteiger partial charge < -0.3 is 16.0 Å². The fourth-order valence-corrected chi connectivity index (χ4v) is 3.52. The number of halogens is 2. The van der Waals surface area contributed by atoms with Crippen LogP contribution < -0.4 is 5.73 Å². The third-order valence-corrected chi connectivity index (χ3v) is 5.50. The predicted molar refractivity (Wildman–Crippen MR) is 104 cm³/mol. The number of amides is 1. The number of likely N-dealkylation sites (tertiary alicyclic amines) is 1. The van der Waals surface area contributed by atoms with E-state index in [-0.39, 0.29) is 10.9 Å². The molecule has 6 nitrogen and oxygen atoms in total. The van der Waals surface area contributed by atoms with Crippen molar-refractivity contribution >= 4 is 40.5 Å². The number of nitrogens with one attached hydrogen (secondary N) is 1. The summed E-state index contributed by atoms with van der Waals surface area (Å²) in [6.45, 7) is 2.26. The second-order valence-corrected chi connectivity index (χ2v) is 6.96. The summed E-state index contributed by atoms with van der Waals surface area (Å²) in [5.74, 6) is -0.243. The Kier molecular flexibility index (Phi) is 5.07. The van der Waals surface area contributed by atoms with E-state index in [1.54, 1.807) is 41.0 Å². The summed E-state index contributed by atoms with van der Waals surface area (Å²) in [6, 6.07) is 6.35. The lowest BCUT2D eigenvalue weighted by Crippen LogP contribution is -2.48. The van der Waals surface area contributed by atoms with Crippen LogP contribution in [0, 0.1) is 5.41 Å². The van der Waals surface area contributed by atoms with Crippen molar-refractivity contribution in [1.29, 1.82) is 5.41 Å². The van der Waals surface area contributed by atoms with Gasteiger partial charge in [0.15, 0.2) is 0 Å². The van der Waals surface area contributed by atoms with E-state index in [0.717, 1.165) is 11.3 Å². The summed E-state index contributed by atoms with van der Waals surface area (Å²) in [6.07, 6.45) is 2.15. The van der Waals surface area contributed by atoms with E-state index >= 15 is 0 Å². The van der Waals surface area contributed by atoms with Crippen molar-refractivity contribution in [3.63, 3.8) is 0 Å². The van der Waals surface area contributed by atoms with Crippen molar-refractivity contribution in [2.45, 2.75) is 19.4 Å². The average molecular weight is 392 g/mol. The number of hydrogen-bond acceptors (Lipinski definition) is 4. The molecule has 2 aromatic rings. The van der Waals surface area contributed by atoms with Gasteiger partial charge in [-0.1, -0.05) is 29.3 Å². The Labute approximate surface area is 161 Å². The molecule has 1 atom stereocenters. The molecule has 1 unspecified atom stereocenters. The van der Waals surface area contributed by atoms with E-state index in [1.165, 1.54) is 0 Å². The zero-order valence-corrected chi connectivity index (χ0v) is 16.0. The molecule has 1 amide bonds. The molecule has 3 rings (SSSR count). The Balaban J connectivity index is 1.90. The molecule has 1 aliphatic heterocycles. The number of rotatable bonds is 2. The molecule has 0 aliphatic carbocycles. The van der Waals surface area contributed by atoms with Crippen LogP contribution in [0.3, 0.4) is 0 Å². The molecule has 0 saturated carbocycles. The second kappa shape index (κ2) is 7.13. The van der Waals surface area contributed by atoms with Gasteiger partial charge in [0, 0.05) is 25.4 Å². The lowest BCUT2D eigenvalue weighted by Gasteiger charge is -2.36. The summed E-state index contributed by atoms with van der Waals surface area (Å²) in [5, 5.41) is 13.2. The van der Waals surface area contributed by atoms with Crippen LogP contribution in [-0.4, -0.2) is 38.9 Å². The van der Waals surface area contributed by atoms with E-state index in [2.05, 4.69) is 5.10 Å². The van der Waals surface area contributed by atoms with Gasteiger partial charge in [-0.2, -0.15) is 5.10 Å². The molecule has 3 N–H and O–H groups in total. The first-order valence-corrected chi connectivity index (χ1v) is 8.89. The Hall–Kier alpha value is -2.31. The van der Waals surface area contributed by atoms with Gasteiger partial charge in [0.05, 0.1) is 38.8 Å². The van der Waals surface area contributed by atoms with Crippen molar-refractivity contribution in [3.8, 4) is 0 Å². The minimum atomic E-state index is -0.423. The maximum Gasteiger partial charge on any atom is 0.255 e. The molecule has 1 saturated heterocycles. The monoisotopic (exact) mass is 391 g/mol. The van der Waals surface area contributed by atoms with E-state index in [1.807, 2.05) is 13.0 Å². The van der Waals surface area contributed by atoms with Crippen molar-refractivity contribution in [3.05, 3.63) is 57.3 Å². The maximum atomic E-state index is 12.9. The first-order valence-electron chi connectivity index (χ1n) is 8.13. The van der Waals surface area contributed by atoms with Crippen LogP contribution in [0.5, 0.6) is 0 Å². The highest BCUT2D eigenvalue weighted by Crippen LogP contribution is 2.30. The summed E-state index contributed by atoms with van der Waals surface area (Å²) in [7, 11) is 1.80. The second-order valence-electron chi connectivity index (χ2n) is 6.17. The van der Waals surface area contributed by atoms with Crippen LogP contribution in [0.15, 0.2) is 36.0 Å². The number of nitrogens with zero attached hydrogens (tertiary/aromatic N) is 3. The van der Waals surface area contributed by atoms with Gasteiger partial charge in [-0.3, -0.25) is 9.48 Å².